The molecule has 3 N–H and O–H groups in total. The van der Waals surface area contributed by atoms with Gasteiger partial charge >= 0.3 is 5.97 Å². The van der Waals surface area contributed by atoms with Crippen LogP contribution < -0.4 is 0 Å². The number of hydrogen-bond donors (Lipinski definition) is 3. The number of carboxylic acids is 1. The summed E-state index contributed by atoms with van der Waals surface area (Å²) in [6, 6.07) is 3.38. The summed E-state index contributed by atoms with van der Waals surface area (Å²) in [6.07, 6.45) is 1.39. The molecular formula is C12H9BrIN3O3S. The number of carbonyl (C=O) groups is 1. The first-order valence-corrected chi connectivity index (χ1v) is 8.25. The van der Waals surface area contributed by atoms with Gasteiger partial charge in [0.05, 0.1) is 3.57 Å². The number of aliphatic carboxylic acids is 1. The first kappa shape index (κ1) is 16.3. The molecule has 0 atom stereocenters. The highest BCUT2D eigenvalue weighted by Gasteiger charge is 2.15. The Bertz CT molecular complexity index is 733. The number of phenolic OH excluding ortho intramolecular Hbond substituents is 1. The second kappa shape index (κ2) is 6.79. The van der Waals surface area contributed by atoms with Crippen LogP contribution in [0.25, 0.3) is 6.08 Å². The van der Waals surface area contributed by atoms with Gasteiger partial charge < -0.3 is 10.2 Å². The predicted molar refractivity (Wildman–Crippen MR) is 91.1 cm³/mol. The topological polar surface area (TPSA) is 99.1 Å². The summed E-state index contributed by atoms with van der Waals surface area (Å²) in [5.74, 6) is -0.483. The van der Waals surface area contributed by atoms with E-state index in [0.717, 1.165) is 16.2 Å². The lowest BCUT2D eigenvalue weighted by molar-refractivity contribution is -0.131. The number of aromatic amines is 1. The van der Waals surface area contributed by atoms with Crippen LogP contribution in [0.3, 0.4) is 0 Å². The van der Waals surface area contributed by atoms with Crippen LogP contribution in [0, 0.1) is 10.5 Å². The minimum Gasteiger partial charge on any atom is -0.506 e. The van der Waals surface area contributed by atoms with Gasteiger partial charge in [0, 0.05) is 10.0 Å². The minimum atomic E-state index is -1.11. The number of nitrogens with one attached hydrogen (secondary N) is 1. The summed E-state index contributed by atoms with van der Waals surface area (Å²) in [5.41, 5.74) is 0.408. The lowest BCUT2D eigenvalue weighted by Gasteiger charge is -2.05. The maximum Gasteiger partial charge on any atom is 0.342 e. The van der Waals surface area contributed by atoms with E-state index in [1.165, 1.54) is 6.08 Å². The van der Waals surface area contributed by atoms with E-state index in [1.54, 1.807) is 19.1 Å². The average molecular weight is 482 g/mol. The van der Waals surface area contributed by atoms with E-state index in [-0.39, 0.29) is 10.7 Å². The van der Waals surface area contributed by atoms with Crippen LogP contribution in [-0.4, -0.2) is 31.4 Å². The number of benzene rings is 1. The Balaban J connectivity index is 2.40. The number of hydrogen-bond acceptors (Lipinski definition) is 5. The summed E-state index contributed by atoms with van der Waals surface area (Å²) in [4.78, 5) is 15.4. The van der Waals surface area contributed by atoms with Crippen molar-refractivity contribution in [3.63, 3.8) is 0 Å². The zero-order valence-electron chi connectivity index (χ0n) is 10.6. The van der Waals surface area contributed by atoms with Gasteiger partial charge in [-0.15, -0.1) is 5.10 Å². The maximum atomic E-state index is 11.3. The molecule has 0 aliphatic rings. The molecule has 0 radical (unpaired) electrons. The number of rotatable bonds is 4. The van der Waals surface area contributed by atoms with Crippen molar-refractivity contribution in [2.75, 3.05) is 0 Å². The highest BCUT2D eigenvalue weighted by Crippen LogP contribution is 2.33. The Hall–Kier alpha value is -1.07. The summed E-state index contributed by atoms with van der Waals surface area (Å²) >= 11 is 6.20. The number of aromatic hydroxyl groups is 1. The molecule has 1 aromatic carbocycles. The van der Waals surface area contributed by atoms with Crippen molar-refractivity contribution >= 4 is 62.3 Å². The number of H-pyrrole nitrogens is 1. The van der Waals surface area contributed by atoms with Crippen molar-refractivity contribution in [3.05, 3.63) is 36.5 Å². The third-order valence-corrected chi connectivity index (χ3v) is 4.49. The van der Waals surface area contributed by atoms with Crippen molar-refractivity contribution in [1.82, 2.24) is 15.2 Å². The Morgan fingerprint density at radius 3 is 2.81 bits per heavy atom. The lowest BCUT2D eigenvalue weighted by atomic mass is 10.2. The van der Waals surface area contributed by atoms with Crippen LogP contribution in [0.15, 0.2) is 26.7 Å². The van der Waals surface area contributed by atoms with Gasteiger partial charge in [-0.1, -0.05) is 15.9 Å². The maximum absolute atomic E-state index is 11.3. The van der Waals surface area contributed by atoms with Crippen LogP contribution >= 0.6 is 50.3 Å². The van der Waals surface area contributed by atoms with Crippen LogP contribution in [0.4, 0.5) is 0 Å². The Morgan fingerprint density at radius 1 is 1.52 bits per heavy atom. The lowest BCUT2D eigenvalue weighted by Crippen LogP contribution is -1.97. The number of carboxylic acid groups (broad SMARTS) is 1. The first-order valence-electron chi connectivity index (χ1n) is 5.56. The molecule has 6 nitrogen and oxygen atoms in total. The summed E-state index contributed by atoms with van der Waals surface area (Å²) in [6.45, 7) is 1.73. The molecule has 2 rings (SSSR count). The van der Waals surface area contributed by atoms with E-state index in [4.69, 9.17) is 0 Å². The van der Waals surface area contributed by atoms with E-state index >= 15 is 0 Å². The van der Waals surface area contributed by atoms with Crippen LogP contribution in [-0.2, 0) is 4.79 Å². The zero-order valence-corrected chi connectivity index (χ0v) is 15.2. The third-order valence-electron chi connectivity index (χ3n) is 2.33. The predicted octanol–water partition coefficient (Wildman–Crippen LogP) is 3.40. The van der Waals surface area contributed by atoms with Crippen molar-refractivity contribution in [2.24, 2.45) is 0 Å². The number of aromatic nitrogens is 3. The van der Waals surface area contributed by atoms with Gasteiger partial charge in [0.2, 0.25) is 5.16 Å². The standard InChI is InChI=1S/C12H9BrIN3O3S/c1-5-15-12(17-16-5)21-9(11(19)20)3-6-2-7(13)4-8(14)10(6)18/h2-4,18H,1H3,(H,19,20)(H,15,16,17)/b9-3-. The number of halogens is 2. The van der Waals surface area contributed by atoms with Crippen LogP contribution in [0.2, 0.25) is 0 Å². The summed E-state index contributed by atoms with van der Waals surface area (Å²) in [7, 11) is 0. The molecule has 0 aliphatic carbocycles. The molecule has 2 aromatic rings. The fourth-order valence-corrected chi connectivity index (χ4v) is 3.73. The highest BCUT2D eigenvalue weighted by molar-refractivity contribution is 14.1. The Labute approximate surface area is 146 Å². The second-order valence-corrected chi connectivity index (χ2v) is 7.03. The first-order chi connectivity index (χ1) is 9.86. The number of aryl methyl sites for hydroxylation is 1. The molecular weight excluding hydrogens is 473 g/mol. The zero-order chi connectivity index (χ0) is 15.6. The van der Waals surface area contributed by atoms with Crippen molar-refractivity contribution < 1.29 is 15.0 Å². The quantitative estimate of drug-likeness (QED) is 0.351. The molecule has 21 heavy (non-hydrogen) atoms. The Morgan fingerprint density at radius 2 is 2.24 bits per heavy atom. The van der Waals surface area contributed by atoms with Gasteiger partial charge in [-0.3, -0.25) is 5.10 Å². The molecule has 0 spiro atoms. The van der Waals surface area contributed by atoms with E-state index in [0.29, 0.717) is 20.1 Å². The van der Waals surface area contributed by atoms with Crippen LogP contribution in [0.5, 0.6) is 5.75 Å². The van der Waals surface area contributed by atoms with Gasteiger partial charge in [0.25, 0.3) is 0 Å². The Kier molecular flexibility index (Phi) is 5.27. The van der Waals surface area contributed by atoms with Gasteiger partial charge in [0.15, 0.2) is 0 Å². The SMILES string of the molecule is Cc1nc(S/C(=C\c2cc(Br)cc(I)c2O)C(=O)O)n[nH]1. The number of phenols is 1. The fraction of sp³-hybridized carbons (Fsp3) is 0.0833. The van der Waals surface area contributed by atoms with E-state index in [1.807, 2.05) is 22.6 Å². The summed E-state index contributed by atoms with van der Waals surface area (Å²) in [5, 5.41) is 26.1. The van der Waals surface area contributed by atoms with Crippen molar-refractivity contribution in [3.8, 4) is 5.75 Å². The molecule has 0 amide bonds. The largest absolute Gasteiger partial charge is 0.506 e. The average Bonchev–Trinajstić information content (AvgIpc) is 2.79. The van der Waals surface area contributed by atoms with Gasteiger partial charge in [-0.05, 0) is 59.5 Å². The molecule has 110 valence electrons. The minimum absolute atomic E-state index is 0.0122. The molecule has 1 heterocycles. The van der Waals surface area contributed by atoms with E-state index in [9.17, 15) is 15.0 Å². The van der Waals surface area contributed by atoms with Gasteiger partial charge in [-0.25, -0.2) is 9.78 Å². The fourth-order valence-electron chi connectivity index (χ4n) is 1.44. The van der Waals surface area contributed by atoms with Gasteiger partial charge in [-0.2, -0.15) is 0 Å². The van der Waals surface area contributed by atoms with Crippen molar-refractivity contribution in [2.45, 2.75) is 12.1 Å². The summed E-state index contributed by atoms with van der Waals surface area (Å²) < 4.78 is 1.37. The highest BCUT2D eigenvalue weighted by atomic mass is 127. The normalized spacial score (nSPS) is 11.7. The van der Waals surface area contributed by atoms with Crippen LogP contribution in [0.1, 0.15) is 11.4 Å². The van der Waals surface area contributed by atoms with Gasteiger partial charge in [0.1, 0.15) is 16.5 Å². The monoisotopic (exact) mass is 481 g/mol. The molecule has 0 saturated carbocycles. The smallest absolute Gasteiger partial charge is 0.342 e. The number of nitrogens with zero attached hydrogens (tertiary/aromatic N) is 2. The van der Waals surface area contributed by atoms with E-state index in [2.05, 4.69) is 31.1 Å². The molecule has 9 heteroatoms. The third kappa shape index (κ3) is 4.20. The molecule has 1 aromatic heterocycles. The molecule has 0 aliphatic heterocycles. The van der Waals surface area contributed by atoms with Crippen molar-refractivity contribution in [1.29, 1.82) is 0 Å². The molecule has 0 unspecified atom stereocenters. The second-order valence-electron chi connectivity index (χ2n) is 3.94. The molecule has 0 fully saturated rings. The molecule has 0 bridgehead atoms. The molecule has 0 saturated heterocycles. The number of thioether (sulfide) groups is 1. The van der Waals surface area contributed by atoms with E-state index < -0.39 is 5.97 Å².